The number of hydrogen-bond donors (Lipinski definition) is 2. The van der Waals surface area contributed by atoms with Crippen LogP contribution in [0.4, 0.5) is 0 Å². The molecule has 2 N–H and O–H groups in total. The fourth-order valence-corrected chi connectivity index (χ4v) is 5.87. The van der Waals surface area contributed by atoms with Gasteiger partial charge in [-0.05, 0) is 38.0 Å². The van der Waals surface area contributed by atoms with Crippen molar-refractivity contribution >= 4 is 21.4 Å². The first-order chi connectivity index (χ1) is 11.3. The largest absolute Gasteiger partial charge is 0.392 e. The smallest absolute Gasteiger partial charge is 0.252 e. The molecule has 24 heavy (non-hydrogen) atoms. The van der Waals surface area contributed by atoms with E-state index in [4.69, 9.17) is 0 Å². The Morgan fingerprint density at radius 3 is 2.79 bits per heavy atom. The van der Waals surface area contributed by atoms with Gasteiger partial charge in [0.1, 0.15) is 4.21 Å². The van der Waals surface area contributed by atoms with E-state index in [1.165, 1.54) is 15.6 Å². The van der Waals surface area contributed by atoms with Gasteiger partial charge in [0.25, 0.3) is 15.6 Å². The van der Waals surface area contributed by atoms with Crippen LogP contribution in [-0.2, 0) is 16.4 Å². The predicted molar refractivity (Wildman–Crippen MR) is 93.9 cm³/mol. The third-order valence-corrected chi connectivity index (χ3v) is 7.71. The number of β-amino-alcohol motifs (C(OH)–C–C–N with tert-alkyl or cyclic N) is 1. The minimum Gasteiger partial charge on any atom is -0.392 e. The molecule has 1 unspecified atom stereocenters. The standard InChI is InChI=1S/C16H20N2O4S2/c1-3-11-8-13(10(2)17-16(11)20)14-4-5-15(23-14)24(21,22)18-7-6-12(19)9-18/h4-5,8,12,19H,3,6-7,9H2,1-2H3,(H,17,20). The van der Waals surface area contributed by atoms with Gasteiger partial charge in [-0.3, -0.25) is 4.79 Å². The van der Waals surface area contributed by atoms with E-state index in [-0.39, 0.29) is 16.3 Å². The van der Waals surface area contributed by atoms with Crippen LogP contribution in [0.5, 0.6) is 0 Å². The number of pyridine rings is 1. The Hall–Kier alpha value is -1.48. The first kappa shape index (κ1) is 17.3. The molecule has 8 heteroatoms. The normalized spacial score (nSPS) is 19.0. The number of nitrogens with one attached hydrogen (secondary N) is 1. The lowest BCUT2D eigenvalue weighted by atomic mass is 10.1. The zero-order valence-electron chi connectivity index (χ0n) is 13.6. The van der Waals surface area contributed by atoms with Crippen molar-refractivity contribution in [2.45, 2.75) is 37.0 Å². The Bertz CT molecular complexity index is 914. The molecule has 0 radical (unpaired) electrons. The molecular formula is C16H20N2O4S2. The summed E-state index contributed by atoms with van der Waals surface area (Å²) < 4.78 is 26.9. The van der Waals surface area contributed by atoms with Crippen LogP contribution in [0, 0.1) is 6.92 Å². The van der Waals surface area contributed by atoms with Crippen LogP contribution in [0.25, 0.3) is 10.4 Å². The van der Waals surface area contributed by atoms with Crippen LogP contribution in [-0.4, -0.2) is 42.0 Å². The fraction of sp³-hybridized carbons (Fsp3) is 0.438. The van der Waals surface area contributed by atoms with Gasteiger partial charge in [0.15, 0.2) is 0 Å². The number of rotatable bonds is 4. The molecule has 1 fully saturated rings. The van der Waals surface area contributed by atoms with E-state index in [1.54, 1.807) is 19.1 Å². The third kappa shape index (κ3) is 3.06. The van der Waals surface area contributed by atoms with Gasteiger partial charge in [0.2, 0.25) is 0 Å². The maximum Gasteiger partial charge on any atom is 0.252 e. The van der Waals surface area contributed by atoms with E-state index in [0.29, 0.717) is 24.9 Å². The summed E-state index contributed by atoms with van der Waals surface area (Å²) in [5, 5.41) is 9.58. The molecule has 0 saturated carbocycles. The van der Waals surface area contributed by atoms with Gasteiger partial charge in [-0.1, -0.05) is 6.92 Å². The molecule has 1 atom stereocenters. The van der Waals surface area contributed by atoms with E-state index in [2.05, 4.69) is 4.98 Å². The summed E-state index contributed by atoms with van der Waals surface area (Å²) in [6.07, 6.45) is 0.494. The second-order valence-corrected chi connectivity index (χ2v) is 9.19. The van der Waals surface area contributed by atoms with E-state index >= 15 is 0 Å². The van der Waals surface area contributed by atoms with Crippen molar-refractivity contribution in [3.63, 3.8) is 0 Å². The summed E-state index contributed by atoms with van der Waals surface area (Å²) in [6, 6.07) is 5.19. The topological polar surface area (TPSA) is 90.5 Å². The third-order valence-electron chi connectivity index (χ3n) is 4.26. The van der Waals surface area contributed by atoms with Crippen LogP contribution in [0.15, 0.2) is 27.2 Å². The molecule has 130 valence electrons. The zero-order chi connectivity index (χ0) is 17.5. The molecule has 2 aromatic heterocycles. The second-order valence-electron chi connectivity index (χ2n) is 5.94. The number of thiophene rings is 1. The molecule has 0 aliphatic carbocycles. The summed E-state index contributed by atoms with van der Waals surface area (Å²) in [4.78, 5) is 15.5. The van der Waals surface area contributed by atoms with E-state index in [1.807, 2.05) is 13.0 Å². The highest BCUT2D eigenvalue weighted by molar-refractivity contribution is 7.91. The van der Waals surface area contributed by atoms with Crippen LogP contribution < -0.4 is 5.56 Å². The Morgan fingerprint density at radius 2 is 2.17 bits per heavy atom. The van der Waals surface area contributed by atoms with Crippen LogP contribution in [0.1, 0.15) is 24.6 Å². The summed E-state index contributed by atoms with van der Waals surface area (Å²) in [6.45, 7) is 4.20. The van der Waals surface area contributed by atoms with Crippen molar-refractivity contribution in [2.24, 2.45) is 0 Å². The summed E-state index contributed by atoms with van der Waals surface area (Å²) in [5.41, 5.74) is 2.14. The minimum atomic E-state index is -3.58. The molecule has 1 aliphatic rings. The van der Waals surface area contributed by atoms with Crippen LogP contribution >= 0.6 is 11.3 Å². The van der Waals surface area contributed by atoms with Crippen LogP contribution in [0.2, 0.25) is 0 Å². The van der Waals surface area contributed by atoms with Gasteiger partial charge < -0.3 is 10.1 Å². The lowest BCUT2D eigenvalue weighted by Crippen LogP contribution is -2.29. The molecular weight excluding hydrogens is 348 g/mol. The van der Waals surface area contributed by atoms with E-state index < -0.39 is 16.1 Å². The van der Waals surface area contributed by atoms with Crippen LogP contribution in [0.3, 0.4) is 0 Å². The maximum absolute atomic E-state index is 12.7. The number of aromatic nitrogens is 1. The highest BCUT2D eigenvalue weighted by Gasteiger charge is 2.32. The van der Waals surface area contributed by atoms with Gasteiger partial charge in [-0.15, -0.1) is 11.3 Å². The van der Waals surface area contributed by atoms with Crippen molar-refractivity contribution in [1.82, 2.24) is 9.29 Å². The lowest BCUT2D eigenvalue weighted by molar-refractivity contribution is 0.189. The lowest BCUT2D eigenvalue weighted by Gasteiger charge is -2.13. The Balaban J connectivity index is 1.98. The molecule has 2 aromatic rings. The van der Waals surface area contributed by atoms with E-state index in [9.17, 15) is 18.3 Å². The molecule has 0 bridgehead atoms. The average molecular weight is 368 g/mol. The molecule has 6 nitrogen and oxygen atoms in total. The first-order valence-electron chi connectivity index (χ1n) is 7.84. The van der Waals surface area contributed by atoms with Crippen molar-refractivity contribution < 1.29 is 13.5 Å². The number of sulfonamides is 1. The summed E-state index contributed by atoms with van der Waals surface area (Å²) in [7, 11) is -3.58. The molecule has 0 aromatic carbocycles. The number of aliphatic hydroxyl groups is 1. The Morgan fingerprint density at radius 1 is 1.42 bits per heavy atom. The quantitative estimate of drug-likeness (QED) is 0.860. The first-order valence-corrected chi connectivity index (χ1v) is 10.1. The van der Waals surface area contributed by atoms with Gasteiger partial charge in [-0.25, -0.2) is 8.42 Å². The van der Waals surface area contributed by atoms with Crippen molar-refractivity contribution in [1.29, 1.82) is 0 Å². The number of nitrogens with zero attached hydrogens (tertiary/aromatic N) is 1. The molecule has 3 heterocycles. The Kier molecular flexibility index (Phi) is 4.65. The summed E-state index contributed by atoms with van der Waals surface area (Å²) in [5.74, 6) is 0. The number of aliphatic hydroxyl groups excluding tert-OH is 1. The van der Waals surface area contributed by atoms with Crippen molar-refractivity contribution in [3.05, 3.63) is 39.8 Å². The van der Waals surface area contributed by atoms with Crippen molar-refractivity contribution in [3.8, 4) is 10.4 Å². The van der Waals surface area contributed by atoms with Gasteiger partial charge in [0, 0.05) is 34.8 Å². The van der Waals surface area contributed by atoms with Gasteiger partial charge in [-0.2, -0.15) is 4.31 Å². The Labute approximate surface area is 144 Å². The minimum absolute atomic E-state index is 0.103. The highest BCUT2D eigenvalue weighted by Crippen LogP contribution is 2.34. The van der Waals surface area contributed by atoms with Gasteiger partial charge >= 0.3 is 0 Å². The van der Waals surface area contributed by atoms with E-state index in [0.717, 1.165) is 16.1 Å². The van der Waals surface area contributed by atoms with Crippen molar-refractivity contribution in [2.75, 3.05) is 13.1 Å². The maximum atomic E-state index is 12.7. The molecule has 0 spiro atoms. The fourth-order valence-electron chi connectivity index (χ4n) is 2.84. The highest BCUT2D eigenvalue weighted by atomic mass is 32.2. The summed E-state index contributed by atoms with van der Waals surface area (Å²) >= 11 is 1.19. The zero-order valence-corrected chi connectivity index (χ0v) is 15.2. The number of aryl methyl sites for hydroxylation is 2. The van der Waals surface area contributed by atoms with Gasteiger partial charge in [0.05, 0.1) is 6.10 Å². The molecule has 0 amide bonds. The second kappa shape index (κ2) is 6.44. The molecule has 1 saturated heterocycles. The number of hydrogen-bond acceptors (Lipinski definition) is 5. The predicted octanol–water partition coefficient (Wildman–Crippen LogP) is 1.73. The molecule has 3 rings (SSSR count). The number of aromatic amines is 1. The SMILES string of the molecule is CCc1cc(-c2ccc(S(=O)(=O)N3CCC(O)C3)s2)c(C)[nH]c1=O. The monoisotopic (exact) mass is 368 g/mol. The average Bonchev–Trinajstić information content (AvgIpc) is 3.17. The number of H-pyrrole nitrogens is 1. The molecule has 1 aliphatic heterocycles.